The molecule has 3 heterocycles. The molecule has 5 rings (SSSR count). The van der Waals surface area contributed by atoms with Gasteiger partial charge in [-0.25, -0.2) is 4.98 Å². The van der Waals surface area contributed by atoms with E-state index in [0.717, 1.165) is 24.3 Å². The van der Waals surface area contributed by atoms with Crippen LogP contribution < -0.4 is 9.80 Å². The van der Waals surface area contributed by atoms with Gasteiger partial charge in [0.15, 0.2) is 5.82 Å². The van der Waals surface area contributed by atoms with Gasteiger partial charge >= 0.3 is 0 Å². The first-order valence-electron chi connectivity index (χ1n) is 11.8. The van der Waals surface area contributed by atoms with Crippen LogP contribution in [0.2, 0.25) is 0 Å². The molecule has 0 radical (unpaired) electrons. The van der Waals surface area contributed by atoms with E-state index in [0.29, 0.717) is 31.0 Å². The lowest BCUT2D eigenvalue weighted by atomic mass is 9.98. The number of benzene rings is 2. The number of carbonyl (C=O) groups is 2. The molecule has 1 fully saturated rings. The van der Waals surface area contributed by atoms with Crippen molar-refractivity contribution in [3.8, 4) is 0 Å². The highest BCUT2D eigenvalue weighted by atomic mass is 16.2. The lowest BCUT2D eigenvalue weighted by molar-refractivity contribution is -0.116. The molecule has 1 saturated heterocycles. The number of anilines is 2. The van der Waals surface area contributed by atoms with Crippen LogP contribution >= 0.6 is 0 Å². The van der Waals surface area contributed by atoms with Gasteiger partial charge in [-0.05, 0) is 49.7 Å². The smallest absolute Gasteiger partial charge is 0.253 e. The van der Waals surface area contributed by atoms with E-state index in [2.05, 4.69) is 41.0 Å². The number of rotatable bonds is 4. The third-order valence-electron chi connectivity index (χ3n) is 6.74. The van der Waals surface area contributed by atoms with E-state index in [1.165, 1.54) is 5.69 Å². The summed E-state index contributed by atoms with van der Waals surface area (Å²) in [4.78, 5) is 36.2. The molecule has 3 aromatic rings. The van der Waals surface area contributed by atoms with E-state index < -0.39 is 0 Å². The van der Waals surface area contributed by atoms with Crippen LogP contribution in [0.15, 0.2) is 54.9 Å². The molecule has 2 aliphatic rings. The summed E-state index contributed by atoms with van der Waals surface area (Å²) in [6.07, 6.45) is 1.73. The Hall–Kier alpha value is -3.68. The minimum atomic E-state index is -0.151. The second-order valence-corrected chi connectivity index (χ2v) is 9.25. The van der Waals surface area contributed by atoms with Crippen molar-refractivity contribution in [3.05, 3.63) is 71.8 Å². The Kier molecular flexibility index (Phi) is 5.81. The molecular weight excluding hydrogens is 428 g/mol. The van der Waals surface area contributed by atoms with Gasteiger partial charge in [-0.3, -0.25) is 14.3 Å². The monoisotopic (exact) mass is 458 g/mol. The summed E-state index contributed by atoms with van der Waals surface area (Å²) in [7, 11) is 0. The van der Waals surface area contributed by atoms with Gasteiger partial charge in [0.05, 0.1) is 5.92 Å². The standard InChI is InChI=1S/C26H30N6O2/c1-18(2)32-17-27-25(28-32)23-16-31(19(3)33)24-10-9-20(15-22(23)24)26(34)30-13-11-29(12-14-30)21-7-5-4-6-8-21/h4-10,15,17-18,23H,11-14,16H2,1-3H3/t23-/m0/s1. The first-order chi connectivity index (χ1) is 16.4. The molecule has 0 bridgehead atoms. The number of para-hydroxylation sites is 1. The highest BCUT2D eigenvalue weighted by Crippen LogP contribution is 2.40. The van der Waals surface area contributed by atoms with E-state index in [1.807, 2.05) is 46.0 Å². The molecule has 0 saturated carbocycles. The van der Waals surface area contributed by atoms with Gasteiger partial charge in [0, 0.05) is 62.6 Å². The third kappa shape index (κ3) is 4.04. The summed E-state index contributed by atoms with van der Waals surface area (Å²) < 4.78 is 1.83. The molecule has 8 nitrogen and oxygen atoms in total. The van der Waals surface area contributed by atoms with Crippen LogP contribution in [0.5, 0.6) is 0 Å². The summed E-state index contributed by atoms with van der Waals surface area (Å²) in [6, 6.07) is 16.2. The molecule has 8 heteroatoms. The number of carbonyl (C=O) groups excluding carboxylic acids is 2. The molecular formula is C26H30N6O2. The SMILES string of the molecule is CC(=O)N1C[C@H](c2ncn(C(C)C)n2)c2cc(C(=O)N3CCN(c4ccccc4)CC3)ccc21. The highest BCUT2D eigenvalue weighted by Gasteiger charge is 2.35. The minimum Gasteiger partial charge on any atom is -0.368 e. The Labute approximate surface area is 199 Å². The zero-order valence-corrected chi connectivity index (χ0v) is 19.9. The molecule has 2 aliphatic heterocycles. The average Bonchev–Trinajstić information content (AvgIpc) is 3.49. The van der Waals surface area contributed by atoms with Gasteiger partial charge in [-0.15, -0.1) is 0 Å². The topological polar surface area (TPSA) is 74.6 Å². The second kappa shape index (κ2) is 8.93. The molecule has 34 heavy (non-hydrogen) atoms. The summed E-state index contributed by atoms with van der Waals surface area (Å²) >= 11 is 0. The maximum atomic E-state index is 13.4. The van der Waals surface area contributed by atoms with Crippen molar-refractivity contribution < 1.29 is 9.59 Å². The summed E-state index contributed by atoms with van der Waals surface area (Å²) in [5.74, 6) is 0.528. The van der Waals surface area contributed by atoms with E-state index in [-0.39, 0.29) is 23.8 Å². The molecule has 2 amide bonds. The van der Waals surface area contributed by atoms with Crippen molar-refractivity contribution in [1.29, 1.82) is 0 Å². The molecule has 176 valence electrons. The minimum absolute atomic E-state index is 0.0243. The number of aromatic nitrogens is 3. The number of hydrogen-bond acceptors (Lipinski definition) is 5. The maximum Gasteiger partial charge on any atom is 0.253 e. The van der Waals surface area contributed by atoms with Crippen LogP contribution in [0.1, 0.15) is 54.5 Å². The van der Waals surface area contributed by atoms with Crippen LogP contribution in [0.25, 0.3) is 0 Å². The van der Waals surface area contributed by atoms with Crippen molar-refractivity contribution >= 4 is 23.2 Å². The van der Waals surface area contributed by atoms with Crippen LogP contribution in [0.3, 0.4) is 0 Å². The van der Waals surface area contributed by atoms with Gasteiger partial charge in [-0.1, -0.05) is 18.2 Å². The number of hydrogen-bond donors (Lipinski definition) is 0. The van der Waals surface area contributed by atoms with Crippen LogP contribution in [-0.2, 0) is 4.79 Å². The fourth-order valence-electron chi connectivity index (χ4n) is 4.80. The second-order valence-electron chi connectivity index (χ2n) is 9.25. The predicted octanol–water partition coefficient (Wildman–Crippen LogP) is 3.32. The van der Waals surface area contributed by atoms with E-state index in [9.17, 15) is 9.59 Å². The van der Waals surface area contributed by atoms with Gasteiger partial charge in [0.1, 0.15) is 6.33 Å². The fraction of sp³-hybridized carbons (Fsp3) is 0.385. The molecule has 0 unspecified atom stereocenters. The third-order valence-corrected chi connectivity index (χ3v) is 6.74. The number of amides is 2. The Balaban J connectivity index is 1.38. The molecule has 0 spiro atoms. The van der Waals surface area contributed by atoms with E-state index in [1.54, 1.807) is 18.2 Å². The first kappa shape index (κ1) is 22.1. The number of nitrogens with zero attached hydrogens (tertiary/aromatic N) is 6. The summed E-state index contributed by atoms with van der Waals surface area (Å²) in [5.41, 5.74) is 3.60. The van der Waals surface area contributed by atoms with Gasteiger partial charge < -0.3 is 14.7 Å². The number of piperazine rings is 1. The van der Waals surface area contributed by atoms with Crippen molar-refractivity contribution in [1.82, 2.24) is 19.7 Å². The zero-order chi connectivity index (χ0) is 23.8. The van der Waals surface area contributed by atoms with Crippen LogP contribution in [-0.4, -0.2) is 64.2 Å². The number of fused-ring (bicyclic) bond motifs is 1. The largest absolute Gasteiger partial charge is 0.368 e. The Morgan fingerprint density at radius 3 is 2.38 bits per heavy atom. The summed E-state index contributed by atoms with van der Waals surface area (Å²) in [5, 5.41) is 4.65. The van der Waals surface area contributed by atoms with Crippen LogP contribution in [0, 0.1) is 0 Å². The van der Waals surface area contributed by atoms with Gasteiger partial charge in [0.2, 0.25) is 5.91 Å². The van der Waals surface area contributed by atoms with Crippen molar-refractivity contribution in [3.63, 3.8) is 0 Å². The normalized spacial score (nSPS) is 17.9. The summed E-state index contributed by atoms with van der Waals surface area (Å²) in [6.45, 7) is 9.12. The Morgan fingerprint density at radius 1 is 1.00 bits per heavy atom. The predicted molar refractivity (Wildman–Crippen MR) is 131 cm³/mol. The molecule has 2 aromatic carbocycles. The van der Waals surface area contributed by atoms with Crippen molar-refractivity contribution in [2.75, 3.05) is 42.5 Å². The molecule has 1 aromatic heterocycles. The fourth-order valence-corrected chi connectivity index (χ4v) is 4.80. The molecule has 1 atom stereocenters. The lowest BCUT2D eigenvalue weighted by Gasteiger charge is -2.36. The molecule has 0 aliphatic carbocycles. The lowest BCUT2D eigenvalue weighted by Crippen LogP contribution is -2.48. The van der Waals surface area contributed by atoms with Crippen molar-refractivity contribution in [2.45, 2.75) is 32.7 Å². The van der Waals surface area contributed by atoms with Crippen LogP contribution in [0.4, 0.5) is 11.4 Å². The van der Waals surface area contributed by atoms with Gasteiger partial charge in [-0.2, -0.15) is 5.10 Å². The van der Waals surface area contributed by atoms with E-state index >= 15 is 0 Å². The maximum absolute atomic E-state index is 13.4. The quantitative estimate of drug-likeness (QED) is 0.600. The highest BCUT2D eigenvalue weighted by molar-refractivity contribution is 5.98. The first-order valence-corrected chi connectivity index (χ1v) is 11.8. The Bertz CT molecular complexity index is 1200. The molecule has 0 N–H and O–H groups in total. The Morgan fingerprint density at radius 2 is 1.74 bits per heavy atom. The average molecular weight is 459 g/mol. The van der Waals surface area contributed by atoms with Gasteiger partial charge in [0.25, 0.3) is 5.91 Å². The zero-order valence-electron chi connectivity index (χ0n) is 19.9. The van der Waals surface area contributed by atoms with E-state index in [4.69, 9.17) is 0 Å². The van der Waals surface area contributed by atoms with Crippen molar-refractivity contribution in [2.24, 2.45) is 0 Å².